The number of nitrogens with zero attached hydrogens (tertiary/aromatic N) is 1. The van der Waals surface area contributed by atoms with Crippen molar-refractivity contribution in [3.05, 3.63) is 23.8 Å². The van der Waals surface area contributed by atoms with E-state index in [1.165, 1.54) is 12.0 Å². The summed E-state index contributed by atoms with van der Waals surface area (Å²) in [5, 5.41) is 8.80. The first kappa shape index (κ1) is 13.7. The molecule has 4 nitrogen and oxygen atoms in total. The van der Waals surface area contributed by atoms with Crippen LogP contribution in [0.4, 0.5) is 14.5 Å². The maximum Gasteiger partial charge on any atom is 0.167 e. The monoisotopic (exact) mass is 246 g/mol. The Balaban J connectivity index is 2.94. The SMILES string of the molecule is COc1cc(F)c(N(C)CC(N)CO)cc1F. The van der Waals surface area contributed by atoms with Crippen molar-refractivity contribution in [2.24, 2.45) is 5.73 Å². The minimum atomic E-state index is -0.645. The molecule has 0 aliphatic rings. The lowest BCUT2D eigenvalue weighted by molar-refractivity contribution is 0.267. The van der Waals surface area contributed by atoms with Crippen LogP contribution in [0.3, 0.4) is 0 Å². The third kappa shape index (κ3) is 3.28. The van der Waals surface area contributed by atoms with Crippen LogP contribution in [0.5, 0.6) is 5.75 Å². The highest BCUT2D eigenvalue weighted by Gasteiger charge is 2.15. The predicted molar refractivity (Wildman–Crippen MR) is 61.2 cm³/mol. The van der Waals surface area contributed by atoms with Crippen molar-refractivity contribution < 1.29 is 18.6 Å². The fraction of sp³-hybridized carbons (Fsp3) is 0.455. The minimum absolute atomic E-state index is 0.0761. The maximum absolute atomic E-state index is 13.6. The van der Waals surface area contributed by atoms with Crippen LogP contribution in [0.1, 0.15) is 0 Å². The Hall–Kier alpha value is -1.40. The molecule has 17 heavy (non-hydrogen) atoms. The van der Waals surface area contributed by atoms with Crippen LogP contribution in [0, 0.1) is 11.6 Å². The molecular weight excluding hydrogens is 230 g/mol. The molecule has 1 aromatic rings. The molecule has 1 aromatic carbocycles. The van der Waals surface area contributed by atoms with E-state index in [0.717, 1.165) is 12.1 Å². The van der Waals surface area contributed by atoms with E-state index < -0.39 is 17.7 Å². The molecule has 0 heterocycles. The molecular formula is C11H16F2N2O2. The van der Waals surface area contributed by atoms with Crippen LogP contribution >= 0.6 is 0 Å². The molecule has 1 atom stereocenters. The van der Waals surface area contributed by atoms with Crippen LogP contribution in [-0.2, 0) is 0 Å². The number of methoxy groups -OCH3 is 1. The molecule has 0 saturated carbocycles. The van der Waals surface area contributed by atoms with Crippen molar-refractivity contribution in [2.45, 2.75) is 6.04 Å². The van der Waals surface area contributed by atoms with Gasteiger partial charge in [0, 0.05) is 31.8 Å². The molecule has 0 bridgehead atoms. The normalized spacial score (nSPS) is 12.4. The Morgan fingerprint density at radius 3 is 2.59 bits per heavy atom. The van der Waals surface area contributed by atoms with E-state index in [1.54, 1.807) is 7.05 Å². The van der Waals surface area contributed by atoms with Crippen molar-refractivity contribution in [2.75, 3.05) is 32.2 Å². The highest BCUT2D eigenvalue weighted by molar-refractivity contribution is 5.50. The molecule has 0 saturated heterocycles. The van der Waals surface area contributed by atoms with Gasteiger partial charge in [0.25, 0.3) is 0 Å². The summed E-state index contributed by atoms with van der Waals surface area (Å²) in [4.78, 5) is 1.44. The molecule has 0 aliphatic carbocycles. The third-order valence-corrected chi connectivity index (χ3v) is 2.38. The quantitative estimate of drug-likeness (QED) is 0.804. The van der Waals surface area contributed by atoms with E-state index in [1.807, 2.05) is 0 Å². The number of benzene rings is 1. The zero-order chi connectivity index (χ0) is 13.0. The summed E-state index contributed by atoms with van der Waals surface area (Å²) in [5.41, 5.74) is 5.60. The third-order valence-electron chi connectivity index (χ3n) is 2.38. The molecule has 0 fully saturated rings. The molecule has 96 valence electrons. The lowest BCUT2D eigenvalue weighted by atomic mass is 10.2. The van der Waals surface area contributed by atoms with Crippen LogP contribution in [-0.4, -0.2) is 38.5 Å². The van der Waals surface area contributed by atoms with E-state index in [0.29, 0.717) is 0 Å². The number of anilines is 1. The van der Waals surface area contributed by atoms with Gasteiger partial charge >= 0.3 is 0 Å². The van der Waals surface area contributed by atoms with E-state index in [4.69, 9.17) is 10.8 Å². The summed E-state index contributed by atoms with van der Waals surface area (Å²) >= 11 is 0. The lowest BCUT2D eigenvalue weighted by Gasteiger charge is -2.23. The fourth-order valence-corrected chi connectivity index (χ4v) is 1.47. The van der Waals surface area contributed by atoms with Gasteiger partial charge in [-0.15, -0.1) is 0 Å². The first-order valence-corrected chi connectivity index (χ1v) is 5.10. The second-order valence-corrected chi connectivity index (χ2v) is 3.76. The van der Waals surface area contributed by atoms with Gasteiger partial charge in [0.1, 0.15) is 5.82 Å². The number of halogens is 2. The van der Waals surface area contributed by atoms with Gasteiger partial charge in [0.05, 0.1) is 19.4 Å². The smallest absolute Gasteiger partial charge is 0.167 e. The van der Waals surface area contributed by atoms with Gasteiger partial charge in [0.2, 0.25) is 0 Å². The number of aliphatic hydroxyl groups is 1. The number of aliphatic hydroxyl groups excluding tert-OH is 1. The molecule has 0 aliphatic heterocycles. The van der Waals surface area contributed by atoms with Gasteiger partial charge in [-0.2, -0.15) is 0 Å². The zero-order valence-corrected chi connectivity index (χ0v) is 9.78. The van der Waals surface area contributed by atoms with E-state index >= 15 is 0 Å². The summed E-state index contributed by atoms with van der Waals surface area (Å²) in [5.74, 6) is -1.39. The molecule has 1 unspecified atom stereocenters. The van der Waals surface area contributed by atoms with Crippen molar-refractivity contribution in [1.82, 2.24) is 0 Å². The molecule has 0 aromatic heterocycles. The number of nitrogens with two attached hydrogens (primary N) is 1. The van der Waals surface area contributed by atoms with Crippen LogP contribution in [0.2, 0.25) is 0 Å². The molecule has 0 amide bonds. The second kappa shape index (κ2) is 5.79. The molecule has 3 N–H and O–H groups in total. The summed E-state index contributed by atoms with van der Waals surface area (Å²) in [6.45, 7) is 0.00375. The molecule has 0 spiro atoms. The van der Waals surface area contributed by atoms with Gasteiger partial charge in [-0.1, -0.05) is 0 Å². The van der Waals surface area contributed by atoms with Crippen molar-refractivity contribution in [3.8, 4) is 5.75 Å². The van der Waals surface area contributed by atoms with E-state index in [9.17, 15) is 8.78 Å². The highest BCUT2D eigenvalue weighted by atomic mass is 19.1. The van der Waals surface area contributed by atoms with Crippen molar-refractivity contribution in [3.63, 3.8) is 0 Å². The van der Waals surface area contributed by atoms with Gasteiger partial charge in [-0.25, -0.2) is 8.78 Å². The summed E-state index contributed by atoms with van der Waals surface area (Å²) < 4.78 is 31.7. The summed E-state index contributed by atoms with van der Waals surface area (Å²) in [6.07, 6.45) is 0. The largest absolute Gasteiger partial charge is 0.494 e. The van der Waals surface area contributed by atoms with Gasteiger partial charge < -0.3 is 20.5 Å². The first-order chi connectivity index (χ1) is 7.99. The number of hydrogen-bond acceptors (Lipinski definition) is 4. The number of likely N-dealkylation sites (N-methyl/N-ethyl adjacent to an activating group) is 1. The lowest BCUT2D eigenvalue weighted by Crippen LogP contribution is -2.38. The minimum Gasteiger partial charge on any atom is -0.494 e. The van der Waals surface area contributed by atoms with Crippen LogP contribution in [0.15, 0.2) is 12.1 Å². The Kier molecular flexibility index (Phi) is 4.65. The Morgan fingerprint density at radius 2 is 2.06 bits per heavy atom. The van der Waals surface area contributed by atoms with Gasteiger partial charge in [-0.05, 0) is 0 Å². The second-order valence-electron chi connectivity index (χ2n) is 3.76. The average Bonchev–Trinajstić information content (AvgIpc) is 2.31. The Bertz CT molecular complexity index is 388. The first-order valence-electron chi connectivity index (χ1n) is 5.10. The summed E-state index contributed by atoms with van der Waals surface area (Å²) in [7, 11) is 2.84. The van der Waals surface area contributed by atoms with E-state index in [-0.39, 0.29) is 24.6 Å². The average molecular weight is 246 g/mol. The molecule has 0 radical (unpaired) electrons. The zero-order valence-electron chi connectivity index (χ0n) is 9.78. The van der Waals surface area contributed by atoms with Gasteiger partial charge in [0.15, 0.2) is 11.6 Å². The predicted octanol–water partition coefficient (Wildman–Crippen LogP) is 0.729. The van der Waals surface area contributed by atoms with Crippen molar-refractivity contribution >= 4 is 5.69 Å². The number of ether oxygens (including phenoxy) is 1. The number of hydrogen-bond donors (Lipinski definition) is 2. The van der Waals surface area contributed by atoms with Crippen LogP contribution in [0.25, 0.3) is 0 Å². The topological polar surface area (TPSA) is 58.7 Å². The molecule has 6 heteroatoms. The maximum atomic E-state index is 13.6. The Labute approximate surface area is 98.6 Å². The number of rotatable bonds is 5. The van der Waals surface area contributed by atoms with Crippen LogP contribution < -0.4 is 15.4 Å². The Morgan fingerprint density at radius 1 is 1.41 bits per heavy atom. The van der Waals surface area contributed by atoms with Gasteiger partial charge in [-0.3, -0.25) is 0 Å². The molecule has 1 rings (SSSR count). The fourth-order valence-electron chi connectivity index (χ4n) is 1.47. The van der Waals surface area contributed by atoms with Crippen molar-refractivity contribution in [1.29, 1.82) is 0 Å². The summed E-state index contributed by atoms with van der Waals surface area (Å²) in [6, 6.07) is 1.51. The standard InChI is InChI=1S/C11H16F2N2O2/c1-15(5-7(14)6-16)10-3-9(13)11(17-2)4-8(10)12/h3-4,7,16H,5-6,14H2,1-2H3. The highest BCUT2D eigenvalue weighted by Crippen LogP contribution is 2.26. The van der Waals surface area contributed by atoms with E-state index in [2.05, 4.69) is 4.74 Å².